The summed E-state index contributed by atoms with van der Waals surface area (Å²) in [5, 5.41) is 12.0. The molecule has 2 heterocycles. The van der Waals surface area contributed by atoms with Crippen molar-refractivity contribution in [2.24, 2.45) is 0 Å². The molecule has 0 radical (unpaired) electrons. The third kappa shape index (κ3) is 2.26. The van der Waals surface area contributed by atoms with E-state index in [1.807, 2.05) is 0 Å². The Bertz CT molecular complexity index is 326. The van der Waals surface area contributed by atoms with Crippen molar-refractivity contribution in [3.05, 3.63) is 11.6 Å². The van der Waals surface area contributed by atoms with Gasteiger partial charge in [0.05, 0.1) is 6.54 Å². The highest BCUT2D eigenvalue weighted by molar-refractivity contribution is 5.04. The summed E-state index contributed by atoms with van der Waals surface area (Å²) in [5.74, 6) is 2.94. The number of fused-ring (bicyclic) bond motifs is 1. The van der Waals surface area contributed by atoms with E-state index in [2.05, 4.69) is 33.9 Å². The van der Waals surface area contributed by atoms with Crippen molar-refractivity contribution in [2.75, 3.05) is 6.54 Å². The number of nitrogens with one attached hydrogen (secondary N) is 1. The second kappa shape index (κ2) is 5.43. The van der Waals surface area contributed by atoms with E-state index in [0.717, 1.165) is 25.5 Å². The highest BCUT2D eigenvalue weighted by atomic mass is 15.3. The summed E-state index contributed by atoms with van der Waals surface area (Å²) in [6.07, 6.45) is 4.93. The Morgan fingerprint density at radius 1 is 1.25 bits per heavy atom. The van der Waals surface area contributed by atoms with Crippen LogP contribution in [0.5, 0.6) is 0 Å². The first-order valence-electron chi connectivity index (χ1n) is 6.49. The molecule has 4 nitrogen and oxygen atoms in total. The van der Waals surface area contributed by atoms with Gasteiger partial charge in [0.2, 0.25) is 0 Å². The van der Waals surface area contributed by atoms with Crippen LogP contribution in [0, 0.1) is 0 Å². The van der Waals surface area contributed by atoms with Crippen LogP contribution in [0.1, 0.15) is 57.1 Å². The van der Waals surface area contributed by atoms with E-state index in [9.17, 15) is 0 Å². The van der Waals surface area contributed by atoms with Gasteiger partial charge in [-0.2, -0.15) is 0 Å². The van der Waals surface area contributed by atoms with Gasteiger partial charge < -0.3 is 9.88 Å². The predicted molar refractivity (Wildman–Crippen MR) is 64.3 cm³/mol. The maximum atomic E-state index is 4.41. The zero-order chi connectivity index (χ0) is 11.4. The molecular formula is C12H22N4. The fraction of sp³-hybridized carbons (Fsp3) is 0.833. The van der Waals surface area contributed by atoms with E-state index in [1.165, 1.54) is 31.5 Å². The van der Waals surface area contributed by atoms with Crippen molar-refractivity contribution in [2.45, 2.75) is 58.5 Å². The van der Waals surface area contributed by atoms with Gasteiger partial charge in [0, 0.05) is 19.0 Å². The van der Waals surface area contributed by atoms with Gasteiger partial charge in [0.1, 0.15) is 11.6 Å². The van der Waals surface area contributed by atoms with Crippen molar-refractivity contribution in [1.29, 1.82) is 0 Å². The molecule has 4 heteroatoms. The van der Waals surface area contributed by atoms with Gasteiger partial charge in [-0.25, -0.2) is 0 Å². The van der Waals surface area contributed by atoms with Crippen molar-refractivity contribution in [3.8, 4) is 0 Å². The highest BCUT2D eigenvalue weighted by Crippen LogP contribution is 2.25. The summed E-state index contributed by atoms with van der Waals surface area (Å²) >= 11 is 0. The zero-order valence-corrected chi connectivity index (χ0v) is 10.4. The molecule has 0 bridgehead atoms. The molecule has 0 aromatic carbocycles. The van der Waals surface area contributed by atoms with E-state index in [1.54, 1.807) is 0 Å². The summed E-state index contributed by atoms with van der Waals surface area (Å²) in [6.45, 7) is 7.44. The maximum Gasteiger partial charge on any atom is 0.147 e. The third-order valence-electron chi connectivity index (χ3n) is 3.29. The molecule has 1 aliphatic rings. The Morgan fingerprint density at radius 2 is 2.00 bits per heavy atom. The van der Waals surface area contributed by atoms with Gasteiger partial charge in [0.15, 0.2) is 0 Å². The van der Waals surface area contributed by atoms with Crippen molar-refractivity contribution >= 4 is 0 Å². The minimum atomic E-state index is 0.606. The van der Waals surface area contributed by atoms with Crippen molar-refractivity contribution in [3.63, 3.8) is 0 Å². The number of rotatable bonds is 5. The number of hydrogen-bond acceptors (Lipinski definition) is 3. The monoisotopic (exact) mass is 222 g/mol. The summed E-state index contributed by atoms with van der Waals surface area (Å²) in [7, 11) is 0. The van der Waals surface area contributed by atoms with Crippen molar-refractivity contribution < 1.29 is 0 Å². The molecule has 0 spiro atoms. The minimum Gasteiger partial charge on any atom is -0.312 e. The van der Waals surface area contributed by atoms with Crippen LogP contribution in [-0.4, -0.2) is 21.3 Å². The SMILES string of the molecule is CCCC(CCC)c1nnc2n1CCNC2. The van der Waals surface area contributed by atoms with Crippen LogP contribution < -0.4 is 5.32 Å². The minimum absolute atomic E-state index is 0.606. The second-order valence-corrected chi connectivity index (χ2v) is 4.58. The lowest BCUT2D eigenvalue weighted by Gasteiger charge is -2.20. The Morgan fingerprint density at radius 3 is 2.69 bits per heavy atom. The number of nitrogens with zero attached hydrogens (tertiary/aromatic N) is 3. The molecular weight excluding hydrogens is 200 g/mol. The molecule has 1 aromatic heterocycles. The van der Waals surface area contributed by atoms with Crippen LogP contribution in [0.4, 0.5) is 0 Å². The summed E-state index contributed by atoms with van der Waals surface area (Å²) < 4.78 is 2.33. The average Bonchev–Trinajstić information content (AvgIpc) is 2.72. The first-order valence-corrected chi connectivity index (χ1v) is 6.49. The molecule has 90 valence electrons. The van der Waals surface area contributed by atoms with Crippen LogP contribution in [0.2, 0.25) is 0 Å². The van der Waals surface area contributed by atoms with E-state index in [4.69, 9.17) is 0 Å². The largest absolute Gasteiger partial charge is 0.312 e. The predicted octanol–water partition coefficient (Wildman–Crippen LogP) is 2.07. The quantitative estimate of drug-likeness (QED) is 0.829. The molecule has 0 amide bonds. The normalized spacial score (nSPS) is 15.4. The summed E-state index contributed by atoms with van der Waals surface area (Å²) in [6, 6.07) is 0. The molecule has 0 unspecified atom stereocenters. The molecule has 2 rings (SSSR count). The first kappa shape index (κ1) is 11.6. The maximum absolute atomic E-state index is 4.41. The van der Waals surface area contributed by atoms with Gasteiger partial charge in [-0.3, -0.25) is 0 Å². The zero-order valence-electron chi connectivity index (χ0n) is 10.4. The molecule has 0 atom stereocenters. The molecule has 1 aliphatic heterocycles. The lowest BCUT2D eigenvalue weighted by Crippen LogP contribution is -2.29. The fourth-order valence-corrected chi connectivity index (χ4v) is 2.52. The van der Waals surface area contributed by atoms with Gasteiger partial charge in [-0.15, -0.1) is 10.2 Å². The smallest absolute Gasteiger partial charge is 0.147 e. The molecule has 0 saturated heterocycles. The molecule has 16 heavy (non-hydrogen) atoms. The van der Waals surface area contributed by atoms with Crippen molar-refractivity contribution in [1.82, 2.24) is 20.1 Å². The fourth-order valence-electron chi connectivity index (χ4n) is 2.52. The van der Waals surface area contributed by atoms with Crippen LogP contribution in [0.3, 0.4) is 0 Å². The molecule has 0 aliphatic carbocycles. The second-order valence-electron chi connectivity index (χ2n) is 4.58. The lowest BCUT2D eigenvalue weighted by molar-refractivity contribution is 0.455. The van der Waals surface area contributed by atoms with Crippen LogP contribution in [-0.2, 0) is 13.1 Å². The number of hydrogen-bond donors (Lipinski definition) is 1. The summed E-state index contributed by atoms with van der Waals surface area (Å²) in [5.41, 5.74) is 0. The van der Waals surface area contributed by atoms with E-state index < -0.39 is 0 Å². The van der Waals surface area contributed by atoms with E-state index in [-0.39, 0.29) is 0 Å². The Balaban J connectivity index is 2.19. The van der Waals surface area contributed by atoms with E-state index in [0.29, 0.717) is 5.92 Å². The Kier molecular flexibility index (Phi) is 3.93. The Labute approximate surface area is 97.5 Å². The van der Waals surface area contributed by atoms with Gasteiger partial charge in [-0.1, -0.05) is 26.7 Å². The average molecular weight is 222 g/mol. The van der Waals surface area contributed by atoms with Gasteiger partial charge in [0.25, 0.3) is 0 Å². The molecule has 1 N–H and O–H groups in total. The van der Waals surface area contributed by atoms with Crippen LogP contribution in [0.15, 0.2) is 0 Å². The first-order chi connectivity index (χ1) is 7.86. The van der Waals surface area contributed by atoms with Crippen LogP contribution >= 0.6 is 0 Å². The molecule has 0 saturated carbocycles. The van der Waals surface area contributed by atoms with Gasteiger partial charge >= 0.3 is 0 Å². The topological polar surface area (TPSA) is 42.7 Å². The Hall–Kier alpha value is -0.900. The van der Waals surface area contributed by atoms with Gasteiger partial charge in [-0.05, 0) is 12.8 Å². The molecule has 1 aromatic rings. The molecule has 0 fully saturated rings. The van der Waals surface area contributed by atoms with Crippen LogP contribution in [0.25, 0.3) is 0 Å². The standard InChI is InChI=1S/C12H22N4/c1-3-5-10(6-4-2)12-15-14-11-9-13-7-8-16(11)12/h10,13H,3-9H2,1-2H3. The highest BCUT2D eigenvalue weighted by Gasteiger charge is 2.21. The lowest BCUT2D eigenvalue weighted by atomic mass is 9.97. The summed E-state index contributed by atoms with van der Waals surface area (Å²) in [4.78, 5) is 0. The third-order valence-corrected chi connectivity index (χ3v) is 3.29. The number of aromatic nitrogens is 3. The van der Waals surface area contributed by atoms with E-state index >= 15 is 0 Å².